The Hall–Kier alpha value is -1.46. The molecule has 1 aliphatic carbocycles. The van der Waals surface area contributed by atoms with E-state index in [9.17, 15) is 9.59 Å². The van der Waals surface area contributed by atoms with Gasteiger partial charge in [-0.1, -0.05) is 36.0 Å². The van der Waals surface area contributed by atoms with Gasteiger partial charge in [-0.2, -0.15) is 0 Å². The molecule has 2 fully saturated rings. The average Bonchev–Trinajstić information content (AvgIpc) is 3.07. The smallest absolute Gasteiger partial charge is 0.317 e. The van der Waals surface area contributed by atoms with Gasteiger partial charge in [0, 0.05) is 37.2 Å². The van der Waals surface area contributed by atoms with Crippen LogP contribution in [0.4, 0.5) is 4.79 Å². The number of hydrogen-bond donors (Lipinski definition) is 1. The molecule has 5 nitrogen and oxygen atoms in total. The number of piperazine rings is 1. The highest BCUT2D eigenvalue weighted by molar-refractivity contribution is 6.36. The number of nitrogens with zero attached hydrogens (tertiary/aromatic N) is 2. The van der Waals surface area contributed by atoms with Crippen molar-refractivity contribution in [3.63, 3.8) is 0 Å². The van der Waals surface area contributed by atoms with E-state index in [0.717, 1.165) is 12.8 Å². The Morgan fingerprint density at radius 1 is 1.00 bits per heavy atom. The third-order valence-corrected chi connectivity index (χ3v) is 5.25. The number of benzene rings is 1. The van der Waals surface area contributed by atoms with Crippen LogP contribution in [0.15, 0.2) is 18.2 Å². The van der Waals surface area contributed by atoms with Gasteiger partial charge >= 0.3 is 6.03 Å². The minimum absolute atomic E-state index is 0.0153. The molecular formula is C17H21Cl2N3O2. The summed E-state index contributed by atoms with van der Waals surface area (Å²) < 4.78 is 0. The molecule has 0 aromatic heterocycles. The van der Waals surface area contributed by atoms with Gasteiger partial charge in [0.1, 0.15) is 0 Å². The molecule has 1 aromatic carbocycles. The van der Waals surface area contributed by atoms with Crippen molar-refractivity contribution in [1.82, 2.24) is 15.1 Å². The lowest BCUT2D eigenvalue weighted by molar-refractivity contribution is 0.0663. The predicted octanol–water partition coefficient (Wildman–Crippen LogP) is 3.40. The molecule has 0 unspecified atom stereocenters. The summed E-state index contributed by atoms with van der Waals surface area (Å²) in [6.45, 7) is 2.09. The number of halogens is 2. The molecule has 0 bridgehead atoms. The first kappa shape index (κ1) is 17.4. The number of carbonyl (C=O) groups is 2. The highest BCUT2D eigenvalue weighted by Crippen LogP contribution is 2.23. The van der Waals surface area contributed by atoms with Crippen molar-refractivity contribution in [2.24, 2.45) is 0 Å². The fourth-order valence-corrected chi connectivity index (χ4v) is 3.77. The van der Waals surface area contributed by atoms with Crippen LogP contribution in [0, 0.1) is 0 Å². The first-order valence-corrected chi connectivity index (χ1v) is 9.10. The zero-order valence-electron chi connectivity index (χ0n) is 13.4. The van der Waals surface area contributed by atoms with Crippen molar-refractivity contribution >= 4 is 35.1 Å². The van der Waals surface area contributed by atoms with Crippen LogP contribution in [0.3, 0.4) is 0 Å². The Bertz CT molecular complexity index is 624. The second-order valence-corrected chi connectivity index (χ2v) is 7.18. The number of amides is 3. The van der Waals surface area contributed by atoms with Crippen molar-refractivity contribution < 1.29 is 9.59 Å². The summed E-state index contributed by atoms with van der Waals surface area (Å²) in [6.07, 6.45) is 4.52. The van der Waals surface area contributed by atoms with E-state index >= 15 is 0 Å². The van der Waals surface area contributed by atoms with Crippen LogP contribution in [0.25, 0.3) is 0 Å². The van der Waals surface area contributed by atoms with Crippen LogP contribution in [-0.4, -0.2) is 54.0 Å². The maximum Gasteiger partial charge on any atom is 0.317 e. The Labute approximate surface area is 151 Å². The molecule has 7 heteroatoms. The number of nitrogens with one attached hydrogen (secondary N) is 1. The molecular weight excluding hydrogens is 349 g/mol. The topological polar surface area (TPSA) is 52.7 Å². The Balaban J connectivity index is 1.54. The molecule has 0 atom stereocenters. The van der Waals surface area contributed by atoms with E-state index in [1.54, 1.807) is 28.0 Å². The molecule has 1 aliphatic heterocycles. The predicted molar refractivity (Wildman–Crippen MR) is 94.7 cm³/mol. The third-order valence-electron chi connectivity index (χ3n) is 4.70. The molecule has 3 amide bonds. The van der Waals surface area contributed by atoms with Crippen LogP contribution in [0.2, 0.25) is 10.0 Å². The zero-order valence-corrected chi connectivity index (χ0v) is 14.9. The average molecular weight is 370 g/mol. The fraction of sp³-hybridized carbons (Fsp3) is 0.529. The fourth-order valence-electron chi connectivity index (χ4n) is 3.28. The van der Waals surface area contributed by atoms with E-state index in [1.807, 2.05) is 0 Å². The molecule has 1 heterocycles. The van der Waals surface area contributed by atoms with Crippen molar-refractivity contribution in [1.29, 1.82) is 0 Å². The van der Waals surface area contributed by atoms with E-state index in [2.05, 4.69) is 5.32 Å². The Kier molecular flexibility index (Phi) is 5.51. The van der Waals surface area contributed by atoms with E-state index in [-0.39, 0.29) is 11.9 Å². The SMILES string of the molecule is O=C(NC1CCCC1)N1CCN(C(=O)c2ccc(Cl)cc2Cl)CC1. The summed E-state index contributed by atoms with van der Waals surface area (Å²) in [7, 11) is 0. The Morgan fingerprint density at radius 2 is 1.62 bits per heavy atom. The van der Waals surface area contributed by atoms with Gasteiger partial charge in [-0.05, 0) is 31.0 Å². The van der Waals surface area contributed by atoms with Crippen molar-refractivity contribution in [2.45, 2.75) is 31.7 Å². The van der Waals surface area contributed by atoms with Crippen LogP contribution in [0.5, 0.6) is 0 Å². The normalized spacial score (nSPS) is 18.8. The maximum atomic E-state index is 12.6. The lowest BCUT2D eigenvalue weighted by Gasteiger charge is -2.35. The van der Waals surface area contributed by atoms with Crippen molar-refractivity contribution in [3.05, 3.63) is 33.8 Å². The van der Waals surface area contributed by atoms with Crippen LogP contribution in [-0.2, 0) is 0 Å². The second kappa shape index (κ2) is 7.62. The molecule has 1 saturated heterocycles. The van der Waals surface area contributed by atoms with E-state index in [0.29, 0.717) is 47.8 Å². The van der Waals surface area contributed by atoms with Crippen molar-refractivity contribution in [3.8, 4) is 0 Å². The molecule has 24 heavy (non-hydrogen) atoms. The number of rotatable bonds is 2. The summed E-state index contributed by atoms with van der Waals surface area (Å²) in [6, 6.07) is 5.17. The molecule has 1 N–H and O–H groups in total. The third kappa shape index (κ3) is 3.95. The molecule has 2 aliphatic rings. The number of hydrogen-bond acceptors (Lipinski definition) is 2. The highest BCUT2D eigenvalue weighted by Gasteiger charge is 2.27. The monoisotopic (exact) mass is 369 g/mol. The molecule has 1 aromatic rings. The molecule has 3 rings (SSSR count). The van der Waals surface area contributed by atoms with Gasteiger partial charge in [0.25, 0.3) is 5.91 Å². The van der Waals surface area contributed by atoms with E-state index in [1.165, 1.54) is 12.8 Å². The van der Waals surface area contributed by atoms with Crippen LogP contribution >= 0.6 is 23.2 Å². The number of urea groups is 1. The summed E-state index contributed by atoms with van der Waals surface area (Å²) in [5, 5.41) is 3.95. The van der Waals surface area contributed by atoms with Gasteiger partial charge in [-0.25, -0.2) is 4.79 Å². The lowest BCUT2D eigenvalue weighted by atomic mass is 10.2. The van der Waals surface area contributed by atoms with Gasteiger partial charge in [0.15, 0.2) is 0 Å². The first-order chi connectivity index (χ1) is 11.5. The van der Waals surface area contributed by atoms with E-state index in [4.69, 9.17) is 23.2 Å². The summed E-state index contributed by atoms with van der Waals surface area (Å²) in [4.78, 5) is 28.3. The minimum Gasteiger partial charge on any atom is -0.335 e. The minimum atomic E-state index is -0.118. The maximum absolute atomic E-state index is 12.6. The second-order valence-electron chi connectivity index (χ2n) is 6.33. The van der Waals surface area contributed by atoms with Gasteiger partial charge in [-0.15, -0.1) is 0 Å². The first-order valence-electron chi connectivity index (χ1n) is 8.34. The zero-order chi connectivity index (χ0) is 17.1. The van der Waals surface area contributed by atoms with Crippen LogP contribution < -0.4 is 5.32 Å². The highest BCUT2D eigenvalue weighted by atomic mass is 35.5. The number of carbonyl (C=O) groups excluding carboxylic acids is 2. The van der Waals surface area contributed by atoms with Crippen molar-refractivity contribution in [2.75, 3.05) is 26.2 Å². The molecule has 130 valence electrons. The lowest BCUT2D eigenvalue weighted by Crippen LogP contribution is -2.54. The largest absolute Gasteiger partial charge is 0.335 e. The summed E-state index contributed by atoms with van der Waals surface area (Å²) >= 11 is 12.0. The Morgan fingerprint density at radius 3 is 2.25 bits per heavy atom. The van der Waals surface area contributed by atoms with Gasteiger partial charge in [0.2, 0.25) is 0 Å². The van der Waals surface area contributed by atoms with Gasteiger partial charge < -0.3 is 15.1 Å². The van der Waals surface area contributed by atoms with Gasteiger partial charge in [-0.3, -0.25) is 4.79 Å². The summed E-state index contributed by atoms with van der Waals surface area (Å²) in [5.41, 5.74) is 0.449. The molecule has 0 radical (unpaired) electrons. The van der Waals surface area contributed by atoms with E-state index < -0.39 is 0 Å². The van der Waals surface area contributed by atoms with Crippen LogP contribution in [0.1, 0.15) is 36.0 Å². The summed E-state index contributed by atoms with van der Waals surface area (Å²) in [5.74, 6) is -0.118. The standard InChI is InChI=1S/C17H21Cl2N3O2/c18-12-5-6-14(15(19)11-12)16(23)21-7-9-22(10-8-21)17(24)20-13-3-1-2-4-13/h5-6,11,13H,1-4,7-10H2,(H,20,24). The molecule has 0 spiro atoms. The van der Waals surface area contributed by atoms with Gasteiger partial charge in [0.05, 0.1) is 10.6 Å². The molecule has 1 saturated carbocycles. The quantitative estimate of drug-likeness (QED) is 0.868.